The third-order valence-corrected chi connectivity index (χ3v) is 4.39. The number of rotatable bonds is 7. The minimum absolute atomic E-state index is 0.00489. The molecule has 0 saturated carbocycles. The Balaban J connectivity index is 1.78. The zero-order valence-corrected chi connectivity index (χ0v) is 16.2. The number of nitrogens with one attached hydrogen (secondary N) is 2. The number of anilines is 2. The summed E-state index contributed by atoms with van der Waals surface area (Å²) >= 11 is 0. The lowest BCUT2D eigenvalue weighted by molar-refractivity contribution is -0.137. The molecule has 0 spiro atoms. The first-order valence-corrected chi connectivity index (χ1v) is 9.33. The number of hydrogen-bond donors (Lipinski definition) is 3. The van der Waals surface area contributed by atoms with Crippen LogP contribution in [0.1, 0.15) is 27.0 Å². The van der Waals surface area contributed by atoms with Crippen LogP contribution in [0.2, 0.25) is 0 Å². The maximum atomic E-state index is 14.7. The fourth-order valence-corrected chi connectivity index (χ4v) is 2.95. The molecule has 162 valence electrons. The van der Waals surface area contributed by atoms with E-state index in [2.05, 4.69) is 15.6 Å². The van der Waals surface area contributed by atoms with E-state index >= 15 is 0 Å². The largest absolute Gasteiger partial charge is 0.416 e. The number of hydrogen-bond acceptors (Lipinski definition) is 4. The highest BCUT2D eigenvalue weighted by Crippen LogP contribution is 2.30. The maximum absolute atomic E-state index is 14.7. The summed E-state index contributed by atoms with van der Waals surface area (Å²) in [7, 11) is 0. The average molecular weight is 433 g/mol. The molecule has 1 aromatic heterocycles. The van der Waals surface area contributed by atoms with Crippen molar-refractivity contribution in [2.24, 2.45) is 0 Å². The summed E-state index contributed by atoms with van der Waals surface area (Å²) in [6.07, 6.45) is -2.73. The summed E-state index contributed by atoms with van der Waals surface area (Å²) in [5, 5.41) is 14.0. The molecule has 3 rings (SSSR count). The lowest BCUT2D eigenvalue weighted by Crippen LogP contribution is -2.27. The van der Waals surface area contributed by atoms with E-state index in [0.717, 1.165) is 12.1 Å². The van der Waals surface area contributed by atoms with Crippen LogP contribution in [0.3, 0.4) is 0 Å². The molecule has 0 saturated heterocycles. The van der Waals surface area contributed by atoms with Crippen LogP contribution >= 0.6 is 0 Å². The number of halogens is 4. The van der Waals surface area contributed by atoms with Crippen molar-refractivity contribution in [3.8, 4) is 0 Å². The molecule has 0 unspecified atom stereocenters. The summed E-state index contributed by atoms with van der Waals surface area (Å²) in [6.45, 7) is -0.275. The number of carbonyl (C=O) groups is 1. The van der Waals surface area contributed by atoms with Gasteiger partial charge in [-0.15, -0.1) is 0 Å². The van der Waals surface area contributed by atoms with Gasteiger partial charge in [0.1, 0.15) is 5.82 Å². The highest BCUT2D eigenvalue weighted by Gasteiger charge is 2.30. The lowest BCUT2D eigenvalue weighted by atomic mass is 10.0. The van der Waals surface area contributed by atoms with Crippen LogP contribution < -0.4 is 10.6 Å². The zero-order valence-electron chi connectivity index (χ0n) is 16.2. The van der Waals surface area contributed by atoms with Crippen LogP contribution in [0.4, 0.5) is 29.1 Å². The Morgan fingerprint density at radius 1 is 1.03 bits per heavy atom. The molecule has 0 radical (unpaired) electrons. The van der Waals surface area contributed by atoms with Crippen molar-refractivity contribution in [2.45, 2.75) is 12.6 Å². The Bertz CT molecular complexity index is 1070. The van der Waals surface area contributed by atoms with Gasteiger partial charge in [0.15, 0.2) is 5.82 Å². The normalized spacial score (nSPS) is 11.3. The molecule has 1 heterocycles. The van der Waals surface area contributed by atoms with E-state index < -0.39 is 23.5 Å². The van der Waals surface area contributed by atoms with Crippen molar-refractivity contribution in [3.63, 3.8) is 0 Å². The SMILES string of the molecule is O=C(NCCO)c1cccc(Nc2cc(Cc3cccc(C(F)(F)F)c3)ccn2)c1F. The smallest absolute Gasteiger partial charge is 0.395 e. The van der Waals surface area contributed by atoms with Gasteiger partial charge in [-0.25, -0.2) is 9.37 Å². The van der Waals surface area contributed by atoms with E-state index in [4.69, 9.17) is 5.11 Å². The second-order valence-corrected chi connectivity index (χ2v) is 6.70. The van der Waals surface area contributed by atoms with Crippen molar-refractivity contribution in [1.82, 2.24) is 10.3 Å². The molecule has 2 aromatic carbocycles. The van der Waals surface area contributed by atoms with Crippen LogP contribution in [0, 0.1) is 5.82 Å². The third kappa shape index (κ3) is 5.79. The predicted octanol–water partition coefficient (Wildman–Crippen LogP) is 4.30. The van der Waals surface area contributed by atoms with Gasteiger partial charge in [-0.2, -0.15) is 13.2 Å². The molecule has 1 amide bonds. The Kier molecular flexibility index (Phi) is 6.86. The Labute approximate surface area is 175 Å². The highest BCUT2D eigenvalue weighted by atomic mass is 19.4. The molecule has 0 aliphatic carbocycles. The number of aromatic nitrogens is 1. The Morgan fingerprint density at radius 2 is 1.77 bits per heavy atom. The molecular formula is C22H19F4N3O2. The van der Waals surface area contributed by atoms with Crippen molar-refractivity contribution in [3.05, 3.63) is 88.9 Å². The number of alkyl halides is 3. The minimum Gasteiger partial charge on any atom is -0.395 e. The molecule has 0 bridgehead atoms. The summed E-state index contributed by atoms with van der Waals surface area (Å²) in [4.78, 5) is 16.1. The topological polar surface area (TPSA) is 74.2 Å². The summed E-state index contributed by atoms with van der Waals surface area (Å²) in [5.41, 5.74) is 0.240. The summed E-state index contributed by atoms with van der Waals surface area (Å²) in [6, 6.07) is 12.5. The number of aliphatic hydroxyl groups excluding tert-OH is 1. The van der Waals surface area contributed by atoms with Gasteiger partial charge in [0.05, 0.1) is 23.4 Å². The molecular weight excluding hydrogens is 414 g/mol. The van der Waals surface area contributed by atoms with E-state index in [1.807, 2.05) is 0 Å². The molecule has 5 nitrogen and oxygen atoms in total. The minimum atomic E-state index is -4.42. The third-order valence-electron chi connectivity index (χ3n) is 4.39. The molecule has 3 N–H and O–H groups in total. The van der Waals surface area contributed by atoms with E-state index in [1.165, 1.54) is 30.5 Å². The maximum Gasteiger partial charge on any atom is 0.416 e. The number of nitrogens with zero attached hydrogens (tertiary/aromatic N) is 1. The van der Waals surface area contributed by atoms with Crippen molar-refractivity contribution in [1.29, 1.82) is 0 Å². The van der Waals surface area contributed by atoms with Crippen molar-refractivity contribution >= 4 is 17.4 Å². The Hall–Kier alpha value is -3.46. The summed E-state index contributed by atoms with van der Waals surface area (Å²) < 4.78 is 53.5. The van der Waals surface area contributed by atoms with Crippen LogP contribution in [0.15, 0.2) is 60.8 Å². The van der Waals surface area contributed by atoms with E-state index in [1.54, 1.807) is 18.2 Å². The van der Waals surface area contributed by atoms with Gasteiger partial charge in [-0.3, -0.25) is 4.79 Å². The molecule has 0 atom stereocenters. The van der Waals surface area contributed by atoms with Crippen LogP contribution in [0.5, 0.6) is 0 Å². The first-order valence-electron chi connectivity index (χ1n) is 9.33. The number of benzene rings is 2. The quantitative estimate of drug-likeness (QED) is 0.486. The molecule has 3 aromatic rings. The fraction of sp³-hybridized carbons (Fsp3) is 0.182. The Morgan fingerprint density at radius 3 is 2.52 bits per heavy atom. The van der Waals surface area contributed by atoms with E-state index in [9.17, 15) is 22.4 Å². The highest BCUT2D eigenvalue weighted by molar-refractivity contribution is 5.95. The van der Waals surface area contributed by atoms with Gasteiger partial charge in [-0.05, 0) is 47.9 Å². The first-order chi connectivity index (χ1) is 14.8. The molecule has 0 aliphatic heterocycles. The van der Waals surface area contributed by atoms with Crippen molar-refractivity contribution < 1.29 is 27.5 Å². The standard InChI is InChI=1S/C22H19F4N3O2/c23-20-17(21(31)28-9-10-30)5-2-6-18(20)29-19-13-15(7-8-27-19)11-14-3-1-4-16(12-14)22(24,25)26/h1-8,12-13,30H,9-11H2,(H,27,29)(H,28,31). The van der Waals surface area contributed by atoms with Gasteiger partial charge in [0.25, 0.3) is 5.91 Å². The molecule has 9 heteroatoms. The number of pyridine rings is 1. The van der Waals surface area contributed by atoms with Crippen molar-refractivity contribution in [2.75, 3.05) is 18.5 Å². The number of aliphatic hydroxyl groups is 1. The van der Waals surface area contributed by atoms with Crippen LogP contribution in [0.25, 0.3) is 0 Å². The second-order valence-electron chi connectivity index (χ2n) is 6.70. The number of carbonyl (C=O) groups excluding carboxylic acids is 1. The number of amides is 1. The van der Waals surface area contributed by atoms with Gasteiger partial charge in [-0.1, -0.05) is 24.3 Å². The van der Waals surface area contributed by atoms with Crippen LogP contribution in [-0.2, 0) is 12.6 Å². The van der Waals surface area contributed by atoms with Gasteiger partial charge < -0.3 is 15.7 Å². The zero-order chi connectivity index (χ0) is 22.4. The average Bonchev–Trinajstić information content (AvgIpc) is 2.73. The van der Waals surface area contributed by atoms with Gasteiger partial charge >= 0.3 is 6.18 Å². The van der Waals surface area contributed by atoms with Crippen LogP contribution in [-0.4, -0.2) is 29.1 Å². The molecule has 0 fully saturated rings. The second kappa shape index (κ2) is 9.57. The fourth-order valence-electron chi connectivity index (χ4n) is 2.95. The molecule has 0 aliphatic rings. The lowest BCUT2D eigenvalue weighted by Gasteiger charge is -2.12. The van der Waals surface area contributed by atoms with Gasteiger partial charge in [0, 0.05) is 12.7 Å². The predicted molar refractivity (Wildman–Crippen MR) is 108 cm³/mol. The monoisotopic (exact) mass is 433 g/mol. The van der Waals surface area contributed by atoms with Gasteiger partial charge in [0.2, 0.25) is 0 Å². The molecule has 31 heavy (non-hydrogen) atoms. The van der Waals surface area contributed by atoms with E-state index in [-0.39, 0.29) is 36.6 Å². The summed E-state index contributed by atoms with van der Waals surface area (Å²) in [5.74, 6) is -1.18. The van der Waals surface area contributed by atoms with E-state index in [0.29, 0.717) is 11.1 Å². The first kappa shape index (κ1) is 22.2.